The molecule has 0 fully saturated rings. The summed E-state index contributed by atoms with van der Waals surface area (Å²) in [6.07, 6.45) is 0.870. The van der Waals surface area contributed by atoms with Gasteiger partial charge in [-0.3, -0.25) is 9.36 Å². The number of anilines is 1. The van der Waals surface area contributed by atoms with E-state index in [1.165, 1.54) is 0 Å². The molecule has 1 N–H and O–H groups in total. The molecule has 0 saturated carbocycles. The highest BCUT2D eigenvalue weighted by Gasteiger charge is 2.09. The number of hydrogen-bond acceptors (Lipinski definition) is 4. The lowest BCUT2D eigenvalue weighted by Crippen LogP contribution is -2.24. The molecule has 1 heterocycles. The first kappa shape index (κ1) is 15.2. The van der Waals surface area contributed by atoms with Crippen molar-refractivity contribution in [1.82, 2.24) is 9.55 Å². The van der Waals surface area contributed by atoms with Crippen LogP contribution in [-0.4, -0.2) is 15.3 Å². The summed E-state index contributed by atoms with van der Waals surface area (Å²) >= 11 is 0. The summed E-state index contributed by atoms with van der Waals surface area (Å²) in [4.78, 5) is 17.0. The van der Waals surface area contributed by atoms with Crippen LogP contribution in [0.3, 0.4) is 0 Å². The zero-order valence-corrected chi connectivity index (χ0v) is 13.1. The van der Waals surface area contributed by atoms with Crippen molar-refractivity contribution in [3.05, 3.63) is 34.6 Å². The third kappa shape index (κ3) is 3.12. The minimum Gasteiger partial charge on any atom is -0.277 e. The first-order valence-electron chi connectivity index (χ1n) is 7.40. The van der Waals surface area contributed by atoms with Crippen molar-refractivity contribution in [3.63, 3.8) is 0 Å². The van der Waals surface area contributed by atoms with E-state index in [2.05, 4.69) is 36.3 Å². The van der Waals surface area contributed by atoms with Crippen molar-refractivity contribution in [2.45, 2.75) is 40.7 Å². The van der Waals surface area contributed by atoms with Crippen LogP contribution in [0.2, 0.25) is 0 Å². The van der Waals surface area contributed by atoms with E-state index in [0.29, 0.717) is 29.3 Å². The number of aromatic nitrogens is 2. The van der Waals surface area contributed by atoms with E-state index >= 15 is 0 Å². The number of benzene rings is 1. The van der Waals surface area contributed by atoms with Gasteiger partial charge in [-0.25, -0.2) is 10.4 Å². The molecule has 0 aliphatic rings. The number of nitrogens with zero attached hydrogens (tertiary/aromatic N) is 3. The van der Waals surface area contributed by atoms with Crippen molar-refractivity contribution < 1.29 is 0 Å². The van der Waals surface area contributed by atoms with Gasteiger partial charge in [0.1, 0.15) is 0 Å². The standard InChI is InChI=1S/C16H22N4O/c1-5-13(11(3)4)18-19-16-17-14-10-8-7-9-12(14)15(21)20(16)6-2/h7-11H,5-6H2,1-4H3,(H,17,19)/b18-13-. The molecule has 0 radical (unpaired) electrons. The first-order valence-corrected chi connectivity index (χ1v) is 7.40. The van der Waals surface area contributed by atoms with Gasteiger partial charge >= 0.3 is 0 Å². The van der Waals surface area contributed by atoms with Gasteiger partial charge in [0.05, 0.1) is 10.9 Å². The van der Waals surface area contributed by atoms with Crippen molar-refractivity contribution in [1.29, 1.82) is 0 Å². The van der Waals surface area contributed by atoms with Crippen LogP contribution in [0.5, 0.6) is 0 Å². The molecule has 2 aromatic rings. The van der Waals surface area contributed by atoms with E-state index in [-0.39, 0.29) is 5.56 Å². The fourth-order valence-electron chi connectivity index (χ4n) is 2.28. The highest BCUT2D eigenvalue weighted by atomic mass is 16.1. The fourth-order valence-corrected chi connectivity index (χ4v) is 2.28. The van der Waals surface area contributed by atoms with Gasteiger partial charge in [0.2, 0.25) is 5.95 Å². The second kappa shape index (κ2) is 6.52. The summed E-state index contributed by atoms with van der Waals surface area (Å²) in [5, 5.41) is 5.05. The normalized spacial score (nSPS) is 12.1. The van der Waals surface area contributed by atoms with Crippen LogP contribution in [0.15, 0.2) is 34.2 Å². The largest absolute Gasteiger partial charge is 0.277 e. The lowest BCUT2D eigenvalue weighted by molar-refractivity contribution is 0.723. The van der Waals surface area contributed by atoms with Crippen LogP contribution in [0.25, 0.3) is 10.9 Å². The Balaban J connectivity index is 2.51. The molecule has 5 heteroatoms. The molecule has 0 amide bonds. The Morgan fingerprint density at radius 3 is 2.67 bits per heavy atom. The predicted octanol–water partition coefficient (Wildman–Crippen LogP) is 3.25. The van der Waals surface area contributed by atoms with Gasteiger partial charge in [-0.05, 0) is 31.4 Å². The smallest absolute Gasteiger partial charge is 0.262 e. The number of fused-ring (bicyclic) bond motifs is 1. The molecule has 0 bridgehead atoms. The summed E-state index contributed by atoms with van der Waals surface area (Å²) in [5.41, 5.74) is 4.67. The molecule has 0 aliphatic carbocycles. The number of hydrazone groups is 1. The van der Waals surface area contributed by atoms with Crippen molar-refractivity contribution >= 4 is 22.6 Å². The molecule has 0 spiro atoms. The van der Waals surface area contributed by atoms with Crippen LogP contribution in [0.1, 0.15) is 34.1 Å². The Labute approximate surface area is 124 Å². The van der Waals surface area contributed by atoms with Crippen LogP contribution in [-0.2, 0) is 6.54 Å². The summed E-state index contributed by atoms with van der Waals surface area (Å²) in [6.45, 7) is 8.75. The third-order valence-electron chi connectivity index (χ3n) is 3.51. The second-order valence-corrected chi connectivity index (χ2v) is 5.23. The summed E-state index contributed by atoms with van der Waals surface area (Å²) in [7, 11) is 0. The third-order valence-corrected chi connectivity index (χ3v) is 3.51. The fraction of sp³-hybridized carbons (Fsp3) is 0.438. The van der Waals surface area contributed by atoms with E-state index < -0.39 is 0 Å². The molecule has 1 aromatic heterocycles. The minimum absolute atomic E-state index is 0.0385. The molecule has 0 atom stereocenters. The van der Waals surface area contributed by atoms with Crippen molar-refractivity contribution in [2.75, 3.05) is 5.43 Å². The maximum absolute atomic E-state index is 12.5. The van der Waals surface area contributed by atoms with E-state index in [1.54, 1.807) is 10.6 Å². The van der Waals surface area contributed by atoms with Gasteiger partial charge in [0.25, 0.3) is 5.56 Å². The van der Waals surface area contributed by atoms with E-state index in [4.69, 9.17) is 0 Å². The van der Waals surface area contributed by atoms with Crippen LogP contribution in [0.4, 0.5) is 5.95 Å². The summed E-state index contributed by atoms with van der Waals surface area (Å²) in [6, 6.07) is 7.37. The predicted molar refractivity (Wildman–Crippen MR) is 87.9 cm³/mol. The van der Waals surface area contributed by atoms with Crippen molar-refractivity contribution in [2.24, 2.45) is 11.0 Å². The molecule has 0 saturated heterocycles. The van der Waals surface area contributed by atoms with Gasteiger partial charge in [-0.2, -0.15) is 5.10 Å². The molecule has 21 heavy (non-hydrogen) atoms. The van der Waals surface area contributed by atoms with Crippen molar-refractivity contribution in [3.8, 4) is 0 Å². The Kier molecular flexibility index (Phi) is 4.73. The maximum Gasteiger partial charge on any atom is 0.262 e. The minimum atomic E-state index is -0.0385. The lowest BCUT2D eigenvalue weighted by atomic mass is 10.1. The van der Waals surface area contributed by atoms with E-state index in [0.717, 1.165) is 12.1 Å². The highest BCUT2D eigenvalue weighted by Crippen LogP contribution is 2.11. The zero-order chi connectivity index (χ0) is 15.4. The molecule has 5 nitrogen and oxygen atoms in total. The van der Waals surface area contributed by atoms with E-state index in [1.807, 2.05) is 25.1 Å². The number of rotatable bonds is 5. The number of nitrogens with one attached hydrogen (secondary N) is 1. The molecule has 1 aromatic carbocycles. The summed E-state index contributed by atoms with van der Waals surface area (Å²) in [5.74, 6) is 0.859. The second-order valence-electron chi connectivity index (χ2n) is 5.23. The molecule has 0 unspecified atom stereocenters. The topological polar surface area (TPSA) is 59.3 Å². The number of hydrogen-bond donors (Lipinski definition) is 1. The molecule has 2 rings (SSSR count). The Morgan fingerprint density at radius 2 is 2.05 bits per heavy atom. The average molecular weight is 286 g/mol. The molecule has 112 valence electrons. The van der Waals surface area contributed by atoms with Gasteiger partial charge in [0, 0.05) is 12.3 Å². The molecular weight excluding hydrogens is 264 g/mol. The van der Waals surface area contributed by atoms with Gasteiger partial charge < -0.3 is 0 Å². The van der Waals surface area contributed by atoms with Crippen LogP contribution >= 0.6 is 0 Å². The van der Waals surface area contributed by atoms with Crippen LogP contribution < -0.4 is 11.0 Å². The van der Waals surface area contributed by atoms with E-state index in [9.17, 15) is 4.79 Å². The van der Waals surface area contributed by atoms with Crippen LogP contribution in [0, 0.1) is 5.92 Å². The quantitative estimate of drug-likeness (QED) is 0.678. The van der Waals surface area contributed by atoms with Gasteiger partial charge in [-0.1, -0.05) is 32.9 Å². The molecular formula is C16H22N4O. The first-order chi connectivity index (χ1) is 10.1. The summed E-state index contributed by atoms with van der Waals surface area (Å²) < 4.78 is 1.61. The Morgan fingerprint density at radius 1 is 1.33 bits per heavy atom. The lowest BCUT2D eigenvalue weighted by Gasteiger charge is -2.12. The zero-order valence-electron chi connectivity index (χ0n) is 13.1. The number of para-hydroxylation sites is 1. The Bertz CT molecular complexity index is 716. The molecule has 0 aliphatic heterocycles. The SMILES string of the molecule is CC/C(=N/Nc1nc2ccccc2c(=O)n1CC)C(C)C. The van der Waals surface area contributed by atoms with Gasteiger partial charge in [-0.15, -0.1) is 0 Å². The van der Waals surface area contributed by atoms with Gasteiger partial charge in [0.15, 0.2) is 0 Å². The maximum atomic E-state index is 12.5. The monoisotopic (exact) mass is 286 g/mol. The average Bonchev–Trinajstić information content (AvgIpc) is 2.48. The Hall–Kier alpha value is -2.17. The highest BCUT2D eigenvalue weighted by molar-refractivity contribution is 5.86.